The number of nitrogens with one attached hydrogen (secondary N) is 2. The van der Waals surface area contributed by atoms with Crippen molar-refractivity contribution in [2.75, 3.05) is 13.1 Å². The molecule has 0 aliphatic rings. The molecule has 1 heterocycles. The van der Waals surface area contributed by atoms with Gasteiger partial charge in [-0.3, -0.25) is 19.7 Å². The molecule has 0 unspecified atom stereocenters. The lowest BCUT2D eigenvalue weighted by atomic mass is 10.1. The van der Waals surface area contributed by atoms with Gasteiger partial charge in [-0.05, 0) is 18.6 Å². The minimum absolute atomic E-state index is 0.105. The molecule has 1 aromatic carbocycles. The Bertz CT molecular complexity index is 742. The van der Waals surface area contributed by atoms with Crippen LogP contribution in [0.3, 0.4) is 0 Å². The molecule has 2 N–H and O–H groups in total. The molecular weight excluding hydrogens is 314 g/mol. The molecule has 0 saturated carbocycles. The molecule has 1 aromatic heterocycles. The van der Waals surface area contributed by atoms with Crippen molar-refractivity contribution >= 4 is 17.5 Å². The molecule has 9 nitrogen and oxygen atoms in total. The van der Waals surface area contributed by atoms with Crippen LogP contribution < -0.4 is 10.6 Å². The number of aromatic nitrogens is 2. The van der Waals surface area contributed by atoms with E-state index in [-0.39, 0.29) is 23.7 Å². The Hall–Kier alpha value is -3.23. The summed E-state index contributed by atoms with van der Waals surface area (Å²) in [7, 11) is 0. The molecule has 9 heteroatoms. The number of amides is 2. The Morgan fingerprint density at radius 1 is 1.33 bits per heavy atom. The number of hydrogen-bond donors (Lipinski definition) is 2. The van der Waals surface area contributed by atoms with Crippen LogP contribution in [0, 0.1) is 10.1 Å². The van der Waals surface area contributed by atoms with Crippen LogP contribution in [0.4, 0.5) is 5.69 Å². The van der Waals surface area contributed by atoms with Gasteiger partial charge in [0.15, 0.2) is 0 Å². The van der Waals surface area contributed by atoms with Gasteiger partial charge in [-0.1, -0.05) is 6.92 Å². The van der Waals surface area contributed by atoms with Gasteiger partial charge in [0.25, 0.3) is 11.6 Å². The summed E-state index contributed by atoms with van der Waals surface area (Å²) in [5.41, 5.74) is 0.180. The van der Waals surface area contributed by atoms with Crippen molar-refractivity contribution in [3.8, 4) is 5.69 Å². The molecular formula is C15H17N5O4. The van der Waals surface area contributed by atoms with Crippen LogP contribution in [0.15, 0.2) is 36.9 Å². The summed E-state index contributed by atoms with van der Waals surface area (Å²) in [4.78, 5) is 38.1. The number of nitro groups is 1. The summed E-state index contributed by atoms with van der Waals surface area (Å²) < 4.78 is 1.48. The molecule has 24 heavy (non-hydrogen) atoms. The molecule has 126 valence electrons. The first-order valence-electron chi connectivity index (χ1n) is 7.34. The van der Waals surface area contributed by atoms with E-state index >= 15 is 0 Å². The molecule has 2 aromatic rings. The van der Waals surface area contributed by atoms with E-state index in [9.17, 15) is 19.7 Å². The second-order valence-corrected chi connectivity index (χ2v) is 4.96. The number of nitro benzene ring substituents is 1. The van der Waals surface area contributed by atoms with E-state index in [1.165, 1.54) is 35.3 Å². The average Bonchev–Trinajstić information content (AvgIpc) is 3.11. The van der Waals surface area contributed by atoms with E-state index in [0.29, 0.717) is 12.2 Å². The fraction of sp³-hybridized carbons (Fsp3) is 0.267. The van der Waals surface area contributed by atoms with Crippen molar-refractivity contribution in [1.82, 2.24) is 20.2 Å². The van der Waals surface area contributed by atoms with Crippen molar-refractivity contribution in [3.63, 3.8) is 0 Å². The summed E-state index contributed by atoms with van der Waals surface area (Å²) in [6.45, 7) is 2.26. The minimum Gasteiger partial charge on any atom is -0.355 e. The smallest absolute Gasteiger partial charge is 0.294 e. The van der Waals surface area contributed by atoms with Gasteiger partial charge in [-0.25, -0.2) is 4.98 Å². The van der Waals surface area contributed by atoms with Crippen molar-refractivity contribution in [2.24, 2.45) is 0 Å². The van der Waals surface area contributed by atoms with Gasteiger partial charge < -0.3 is 15.2 Å². The van der Waals surface area contributed by atoms with Gasteiger partial charge in [0.2, 0.25) is 5.91 Å². The lowest BCUT2D eigenvalue weighted by Gasteiger charge is -2.08. The maximum atomic E-state index is 12.1. The predicted molar refractivity (Wildman–Crippen MR) is 85.9 cm³/mol. The topological polar surface area (TPSA) is 119 Å². The normalized spacial score (nSPS) is 10.2. The molecule has 0 bridgehead atoms. The number of imidazole rings is 1. The average molecular weight is 331 g/mol. The second-order valence-electron chi connectivity index (χ2n) is 4.96. The van der Waals surface area contributed by atoms with Crippen LogP contribution >= 0.6 is 0 Å². The number of rotatable bonds is 7. The number of benzene rings is 1. The van der Waals surface area contributed by atoms with E-state index in [4.69, 9.17) is 0 Å². The number of hydrogen-bond acceptors (Lipinski definition) is 5. The lowest BCUT2D eigenvalue weighted by Crippen LogP contribution is -2.37. The van der Waals surface area contributed by atoms with Crippen LogP contribution in [-0.2, 0) is 4.79 Å². The van der Waals surface area contributed by atoms with Crippen molar-refractivity contribution in [3.05, 3.63) is 52.6 Å². The van der Waals surface area contributed by atoms with Gasteiger partial charge in [-0.15, -0.1) is 0 Å². The highest BCUT2D eigenvalue weighted by Gasteiger charge is 2.19. The van der Waals surface area contributed by atoms with Gasteiger partial charge in [0.1, 0.15) is 5.69 Å². The zero-order valence-corrected chi connectivity index (χ0v) is 13.1. The Kier molecular flexibility index (Phi) is 5.61. The van der Waals surface area contributed by atoms with E-state index in [2.05, 4.69) is 15.6 Å². The van der Waals surface area contributed by atoms with Gasteiger partial charge >= 0.3 is 0 Å². The molecule has 0 fully saturated rings. The fourth-order valence-corrected chi connectivity index (χ4v) is 2.02. The van der Waals surface area contributed by atoms with Gasteiger partial charge in [0, 0.05) is 30.6 Å². The number of nitrogens with zero attached hydrogens (tertiary/aromatic N) is 3. The molecule has 0 radical (unpaired) electrons. The summed E-state index contributed by atoms with van der Waals surface area (Å²) in [6.07, 6.45) is 5.29. The largest absolute Gasteiger partial charge is 0.355 e. The van der Waals surface area contributed by atoms with Crippen molar-refractivity contribution in [2.45, 2.75) is 13.3 Å². The quantitative estimate of drug-likeness (QED) is 0.580. The number of carbonyl (C=O) groups excluding carboxylic acids is 2. The highest BCUT2D eigenvalue weighted by molar-refractivity contribution is 5.97. The van der Waals surface area contributed by atoms with Crippen LogP contribution in [-0.4, -0.2) is 39.4 Å². The third-order valence-corrected chi connectivity index (χ3v) is 3.20. The molecule has 0 saturated heterocycles. The third kappa shape index (κ3) is 4.15. The summed E-state index contributed by atoms with van der Waals surface area (Å²) >= 11 is 0. The number of carbonyl (C=O) groups is 2. The zero-order valence-electron chi connectivity index (χ0n) is 13.1. The third-order valence-electron chi connectivity index (χ3n) is 3.20. The first-order chi connectivity index (χ1) is 11.5. The first-order valence-corrected chi connectivity index (χ1v) is 7.34. The Morgan fingerprint density at radius 2 is 2.12 bits per heavy atom. The van der Waals surface area contributed by atoms with Gasteiger partial charge in [0.05, 0.1) is 17.8 Å². The van der Waals surface area contributed by atoms with E-state index in [0.717, 1.165) is 6.42 Å². The highest BCUT2D eigenvalue weighted by Crippen LogP contribution is 2.24. The second kappa shape index (κ2) is 7.86. The SMILES string of the molecule is CCCNC(=O)CNC(=O)c1ccc(-n2ccnc2)c([N+](=O)[O-])c1. The van der Waals surface area contributed by atoms with E-state index in [1.54, 1.807) is 6.20 Å². The molecule has 2 rings (SSSR count). The standard InChI is InChI=1S/C15H17N5O4/c1-2-5-17-14(21)9-18-15(22)11-3-4-12(13(8-11)20(23)24)19-7-6-16-10-19/h3-4,6-8,10H,2,5,9H2,1H3,(H,17,21)(H,18,22). The predicted octanol–water partition coefficient (Wildman–Crippen LogP) is 1.04. The summed E-state index contributed by atoms with van der Waals surface area (Å²) in [5.74, 6) is -0.864. The first kappa shape index (κ1) is 17.1. The van der Waals surface area contributed by atoms with Crippen LogP contribution in [0.2, 0.25) is 0 Å². The summed E-state index contributed by atoms with van der Waals surface area (Å²) in [6, 6.07) is 4.10. The Balaban J connectivity index is 2.13. The summed E-state index contributed by atoms with van der Waals surface area (Å²) in [5, 5.41) is 16.3. The van der Waals surface area contributed by atoms with Crippen molar-refractivity contribution in [1.29, 1.82) is 0 Å². The maximum absolute atomic E-state index is 12.1. The highest BCUT2D eigenvalue weighted by atomic mass is 16.6. The molecule has 0 aliphatic heterocycles. The van der Waals surface area contributed by atoms with Crippen LogP contribution in [0.5, 0.6) is 0 Å². The maximum Gasteiger partial charge on any atom is 0.294 e. The van der Waals surface area contributed by atoms with E-state index < -0.39 is 10.8 Å². The minimum atomic E-state index is -0.569. The Labute approximate surface area is 137 Å². The molecule has 2 amide bonds. The van der Waals surface area contributed by atoms with Crippen LogP contribution in [0.25, 0.3) is 5.69 Å². The molecule has 0 aliphatic carbocycles. The Morgan fingerprint density at radius 3 is 2.75 bits per heavy atom. The lowest BCUT2D eigenvalue weighted by molar-refractivity contribution is -0.384. The van der Waals surface area contributed by atoms with Crippen LogP contribution in [0.1, 0.15) is 23.7 Å². The fourth-order valence-electron chi connectivity index (χ4n) is 2.02. The van der Waals surface area contributed by atoms with E-state index in [1.807, 2.05) is 6.92 Å². The monoisotopic (exact) mass is 331 g/mol. The van der Waals surface area contributed by atoms with Crippen molar-refractivity contribution < 1.29 is 14.5 Å². The van der Waals surface area contributed by atoms with Gasteiger partial charge in [-0.2, -0.15) is 0 Å². The molecule has 0 atom stereocenters. The zero-order chi connectivity index (χ0) is 17.5. The molecule has 0 spiro atoms.